The van der Waals surface area contributed by atoms with E-state index >= 15 is 0 Å². The van der Waals surface area contributed by atoms with Crippen LogP contribution in [-0.2, 0) is 16.1 Å². The molecule has 3 heterocycles. The largest absolute Gasteiger partial charge is 0.486 e. The lowest BCUT2D eigenvalue weighted by atomic mass is 9.91. The van der Waals surface area contributed by atoms with Crippen molar-refractivity contribution in [1.29, 1.82) is 0 Å². The Balaban J connectivity index is 1.31. The van der Waals surface area contributed by atoms with Gasteiger partial charge < -0.3 is 19.3 Å². The Morgan fingerprint density at radius 3 is 2.74 bits per heavy atom. The van der Waals surface area contributed by atoms with E-state index in [2.05, 4.69) is 20.8 Å². The second kappa shape index (κ2) is 7.62. The number of amides is 3. The molecule has 0 spiro atoms. The van der Waals surface area contributed by atoms with Crippen LogP contribution in [0.5, 0.6) is 11.5 Å². The van der Waals surface area contributed by atoms with Crippen molar-refractivity contribution in [3.05, 3.63) is 53.9 Å². The number of aromatic nitrogens is 2. The first-order chi connectivity index (χ1) is 15.0. The van der Waals surface area contributed by atoms with Crippen LogP contribution in [0.25, 0.3) is 11.4 Å². The van der Waals surface area contributed by atoms with Crippen molar-refractivity contribution < 1.29 is 23.6 Å². The number of nitrogens with zero attached hydrogens (tertiary/aromatic N) is 2. The van der Waals surface area contributed by atoms with Crippen molar-refractivity contribution in [2.24, 2.45) is 0 Å². The maximum absolute atomic E-state index is 12.2. The summed E-state index contributed by atoms with van der Waals surface area (Å²) in [6.07, 6.45) is 0. The van der Waals surface area contributed by atoms with Gasteiger partial charge in [0.2, 0.25) is 11.7 Å². The first-order valence-electron chi connectivity index (χ1n) is 9.61. The van der Waals surface area contributed by atoms with Crippen molar-refractivity contribution in [2.45, 2.75) is 23.1 Å². The lowest BCUT2D eigenvalue weighted by Crippen LogP contribution is -2.40. The highest BCUT2D eigenvalue weighted by Gasteiger charge is 2.43. The van der Waals surface area contributed by atoms with Gasteiger partial charge in [0.15, 0.2) is 11.5 Å². The molecule has 0 saturated carbocycles. The molecule has 9 nitrogen and oxygen atoms in total. The van der Waals surface area contributed by atoms with Gasteiger partial charge in [-0.05, 0) is 36.8 Å². The van der Waals surface area contributed by atoms with Crippen molar-refractivity contribution >= 4 is 23.7 Å². The van der Waals surface area contributed by atoms with Crippen LogP contribution in [0.15, 0.2) is 51.9 Å². The number of ether oxygens (including phenoxy) is 2. The third-order valence-corrected chi connectivity index (χ3v) is 6.07. The summed E-state index contributed by atoms with van der Waals surface area (Å²) in [4.78, 5) is 29.2. The highest BCUT2D eigenvalue weighted by Crippen LogP contribution is 2.35. The van der Waals surface area contributed by atoms with E-state index < -0.39 is 17.5 Å². The van der Waals surface area contributed by atoms with Gasteiger partial charge in [0.05, 0.1) is 5.75 Å². The molecule has 2 aliphatic rings. The molecule has 31 heavy (non-hydrogen) atoms. The summed E-state index contributed by atoms with van der Waals surface area (Å²) in [7, 11) is 0. The van der Waals surface area contributed by atoms with Gasteiger partial charge in [0.25, 0.3) is 5.91 Å². The zero-order valence-corrected chi connectivity index (χ0v) is 17.3. The molecule has 1 aromatic heterocycles. The van der Waals surface area contributed by atoms with Gasteiger partial charge in [-0.2, -0.15) is 4.98 Å². The lowest BCUT2D eigenvalue weighted by Gasteiger charge is -2.21. The Hall–Kier alpha value is -3.53. The maximum Gasteiger partial charge on any atom is 0.322 e. The van der Waals surface area contributed by atoms with Crippen LogP contribution in [0.1, 0.15) is 18.4 Å². The Morgan fingerprint density at radius 1 is 1.10 bits per heavy atom. The van der Waals surface area contributed by atoms with Crippen LogP contribution < -0.4 is 20.1 Å². The molecular weight excluding hydrogens is 420 g/mol. The summed E-state index contributed by atoms with van der Waals surface area (Å²) in [5.41, 5.74) is 0.172. The van der Waals surface area contributed by atoms with Crippen LogP contribution in [-0.4, -0.2) is 35.3 Å². The predicted octanol–water partition coefficient (Wildman–Crippen LogP) is 2.85. The molecule has 0 bridgehead atoms. The quantitative estimate of drug-likeness (QED) is 0.462. The van der Waals surface area contributed by atoms with E-state index in [4.69, 9.17) is 14.0 Å². The van der Waals surface area contributed by atoms with Crippen molar-refractivity contribution in [3.8, 4) is 22.9 Å². The maximum atomic E-state index is 12.2. The minimum atomic E-state index is -1.15. The highest BCUT2D eigenvalue weighted by molar-refractivity contribution is 7.98. The number of rotatable bonds is 5. The van der Waals surface area contributed by atoms with Crippen LogP contribution in [0.3, 0.4) is 0 Å². The SMILES string of the molecule is CC1(c2cccc(-c3noc(CSc4ccc5c(c4)OCCO5)n3)c2)NC(=O)NC1=O. The van der Waals surface area contributed by atoms with Crippen LogP contribution >= 0.6 is 11.8 Å². The molecule has 10 heteroatoms. The number of imide groups is 1. The summed E-state index contributed by atoms with van der Waals surface area (Å²) in [5, 5.41) is 8.98. The average molecular weight is 438 g/mol. The lowest BCUT2D eigenvalue weighted by molar-refractivity contribution is -0.123. The van der Waals surface area contributed by atoms with E-state index in [1.165, 1.54) is 0 Å². The van der Waals surface area contributed by atoms with E-state index in [0.717, 1.165) is 16.4 Å². The normalized spacial score (nSPS) is 19.8. The molecule has 158 valence electrons. The molecule has 3 aromatic rings. The van der Waals surface area contributed by atoms with E-state index in [9.17, 15) is 9.59 Å². The Labute approximate surface area is 181 Å². The Morgan fingerprint density at radius 2 is 1.94 bits per heavy atom. The fourth-order valence-electron chi connectivity index (χ4n) is 3.41. The van der Waals surface area contributed by atoms with E-state index in [1.807, 2.05) is 24.3 Å². The number of nitrogens with one attached hydrogen (secondary N) is 2. The zero-order chi connectivity index (χ0) is 21.4. The summed E-state index contributed by atoms with van der Waals surface area (Å²) < 4.78 is 16.5. The molecule has 5 rings (SSSR count). The highest BCUT2D eigenvalue weighted by atomic mass is 32.2. The first kappa shape index (κ1) is 19.4. The second-order valence-electron chi connectivity index (χ2n) is 7.22. The molecule has 0 aliphatic carbocycles. The molecule has 1 unspecified atom stereocenters. The second-order valence-corrected chi connectivity index (χ2v) is 8.27. The fraction of sp³-hybridized carbons (Fsp3) is 0.238. The number of thioether (sulfide) groups is 1. The summed E-state index contributed by atoms with van der Waals surface area (Å²) in [6, 6.07) is 12.4. The summed E-state index contributed by atoms with van der Waals surface area (Å²) in [5.74, 6) is 2.44. The van der Waals surface area contributed by atoms with Crippen molar-refractivity contribution in [1.82, 2.24) is 20.8 Å². The molecule has 1 atom stereocenters. The minimum absolute atomic E-state index is 0.403. The van der Waals surface area contributed by atoms with Crippen molar-refractivity contribution in [2.75, 3.05) is 13.2 Å². The number of fused-ring (bicyclic) bond motifs is 1. The molecule has 1 saturated heterocycles. The van der Waals surface area contributed by atoms with Gasteiger partial charge >= 0.3 is 6.03 Å². The van der Waals surface area contributed by atoms with Gasteiger partial charge in [-0.1, -0.05) is 23.4 Å². The Bertz CT molecular complexity index is 1180. The van der Waals surface area contributed by atoms with Crippen LogP contribution in [0, 0.1) is 0 Å². The molecule has 2 aromatic carbocycles. The number of hydrogen-bond acceptors (Lipinski definition) is 8. The standard InChI is InChI=1S/C21H18N4O5S/c1-21(19(26)23-20(27)24-21)13-4-2-3-12(9-13)18-22-17(30-25-18)11-31-14-5-6-15-16(10-14)29-8-7-28-15/h2-6,9-10H,7-8,11H2,1H3,(H2,23,24,26,27). The van der Waals surface area contributed by atoms with Gasteiger partial charge in [0.1, 0.15) is 18.8 Å². The predicted molar refractivity (Wildman–Crippen MR) is 111 cm³/mol. The zero-order valence-electron chi connectivity index (χ0n) is 16.5. The molecule has 3 amide bonds. The van der Waals surface area contributed by atoms with Gasteiger partial charge in [-0.15, -0.1) is 11.8 Å². The summed E-state index contributed by atoms with van der Waals surface area (Å²) >= 11 is 1.55. The average Bonchev–Trinajstić information content (AvgIpc) is 3.36. The monoisotopic (exact) mass is 438 g/mol. The number of carbonyl (C=O) groups is 2. The molecule has 0 radical (unpaired) electrons. The van der Waals surface area contributed by atoms with E-state index in [-0.39, 0.29) is 0 Å². The third kappa shape index (κ3) is 3.70. The third-order valence-electron chi connectivity index (χ3n) is 5.09. The molecule has 2 aliphatic heterocycles. The van der Waals surface area contributed by atoms with Crippen LogP contribution in [0.2, 0.25) is 0 Å². The molecule has 2 N–H and O–H groups in total. The van der Waals surface area contributed by atoms with Gasteiger partial charge in [0, 0.05) is 10.5 Å². The van der Waals surface area contributed by atoms with E-state index in [1.54, 1.807) is 36.9 Å². The van der Waals surface area contributed by atoms with Crippen LogP contribution in [0.4, 0.5) is 4.79 Å². The number of hydrogen-bond donors (Lipinski definition) is 2. The van der Waals surface area contributed by atoms with E-state index in [0.29, 0.717) is 41.8 Å². The number of carbonyl (C=O) groups excluding carboxylic acids is 2. The first-order valence-corrected chi connectivity index (χ1v) is 10.6. The summed E-state index contributed by atoms with van der Waals surface area (Å²) in [6.45, 7) is 2.75. The molecular formula is C21H18N4O5S. The topological polar surface area (TPSA) is 116 Å². The molecule has 1 fully saturated rings. The van der Waals surface area contributed by atoms with Gasteiger partial charge in [-0.3, -0.25) is 10.1 Å². The number of benzene rings is 2. The number of urea groups is 1. The van der Waals surface area contributed by atoms with Crippen molar-refractivity contribution in [3.63, 3.8) is 0 Å². The van der Waals surface area contributed by atoms with Gasteiger partial charge in [-0.25, -0.2) is 4.79 Å². The smallest absolute Gasteiger partial charge is 0.322 e. The minimum Gasteiger partial charge on any atom is -0.486 e. The fourth-order valence-corrected chi connectivity index (χ4v) is 4.17. The Kier molecular flexibility index (Phi) is 4.78.